The Morgan fingerprint density at radius 1 is 0.514 bits per heavy atom. The summed E-state index contributed by atoms with van der Waals surface area (Å²) in [5, 5.41) is 21.6. The summed E-state index contributed by atoms with van der Waals surface area (Å²) in [6.07, 6.45) is 0. The fourth-order valence-electron chi connectivity index (χ4n) is 5.61. The van der Waals surface area contributed by atoms with Crippen molar-refractivity contribution in [1.82, 2.24) is 0 Å². The van der Waals surface area contributed by atoms with E-state index in [4.69, 9.17) is 0 Å². The van der Waals surface area contributed by atoms with E-state index in [0.29, 0.717) is 11.1 Å². The van der Waals surface area contributed by atoms with Gasteiger partial charge in [-0.25, -0.2) is 0 Å². The number of nitrogens with zero attached hydrogens (tertiary/aromatic N) is 2. The molecule has 1 heterocycles. The van der Waals surface area contributed by atoms with Crippen molar-refractivity contribution >= 4 is 29.6 Å². The minimum atomic E-state index is -2.27. The predicted octanol–water partition coefficient (Wildman–Crippen LogP) is 8.37. The fraction of sp³-hybridized carbons (Fsp3) is 0.118. The summed E-state index contributed by atoms with van der Waals surface area (Å²) in [7, 11) is -2.27. The Kier molecular flexibility index (Phi) is 6.26. The van der Waals surface area contributed by atoms with Gasteiger partial charge in [-0.15, -0.1) is 0 Å². The van der Waals surface area contributed by atoms with E-state index in [1.807, 2.05) is 24.3 Å². The molecule has 2 nitrogen and oxygen atoms in total. The van der Waals surface area contributed by atoms with Gasteiger partial charge >= 0.3 is 0 Å². The van der Waals surface area contributed by atoms with Gasteiger partial charge in [0.05, 0.1) is 23.3 Å². The SMILES string of the molecule is Cc1cccc(C2=C(c3ccc(C#N)cc3)[Si](C)(C)C(c3ccc(C#N)cc3)=C2c2cccc(C)c2)c1. The Balaban J connectivity index is 1.91. The average molecular weight is 493 g/mol. The maximum Gasteiger partial charge on any atom is 0.115 e. The molecule has 0 fully saturated rings. The van der Waals surface area contributed by atoms with Crippen LogP contribution in [-0.4, -0.2) is 8.07 Å². The molecule has 0 aliphatic carbocycles. The summed E-state index contributed by atoms with van der Waals surface area (Å²) in [5.41, 5.74) is 11.1. The first-order valence-electron chi connectivity index (χ1n) is 12.5. The van der Waals surface area contributed by atoms with Crippen LogP contribution in [-0.2, 0) is 0 Å². The number of nitriles is 2. The van der Waals surface area contributed by atoms with Gasteiger partial charge in [0.1, 0.15) is 8.07 Å². The summed E-state index contributed by atoms with van der Waals surface area (Å²) in [5.74, 6) is 0. The van der Waals surface area contributed by atoms with Crippen LogP contribution in [0, 0.1) is 36.5 Å². The number of rotatable bonds is 4. The summed E-state index contributed by atoms with van der Waals surface area (Å²) in [6.45, 7) is 9.13. The molecule has 0 saturated heterocycles. The molecule has 0 N–H and O–H groups in total. The summed E-state index contributed by atoms with van der Waals surface area (Å²) < 4.78 is 0. The zero-order valence-electron chi connectivity index (χ0n) is 21.6. The molecule has 0 radical (unpaired) electrons. The lowest BCUT2D eigenvalue weighted by Crippen LogP contribution is -2.28. The van der Waals surface area contributed by atoms with Gasteiger partial charge in [0.25, 0.3) is 0 Å². The third-order valence-electron chi connectivity index (χ3n) is 7.22. The van der Waals surface area contributed by atoms with Crippen molar-refractivity contribution in [2.45, 2.75) is 26.9 Å². The van der Waals surface area contributed by atoms with Crippen molar-refractivity contribution in [3.63, 3.8) is 0 Å². The second-order valence-electron chi connectivity index (χ2n) is 10.2. The number of allylic oxidation sites excluding steroid dienone is 2. The molecule has 1 aliphatic heterocycles. The molecule has 37 heavy (non-hydrogen) atoms. The molecular weight excluding hydrogens is 464 g/mol. The molecule has 0 amide bonds. The fourth-order valence-corrected chi connectivity index (χ4v) is 9.43. The van der Waals surface area contributed by atoms with E-state index in [0.717, 1.165) is 0 Å². The van der Waals surface area contributed by atoms with Crippen LogP contribution in [0.3, 0.4) is 0 Å². The molecule has 0 bridgehead atoms. The number of hydrogen-bond donors (Lipinski definition) is 0. The first kappa shape index (κ1) is 24.3. The topological polar surface area (TPSA) is 47.6 Å². The van der Waals surface area contributed by atoms with Crippen molar-refractivity contribution in [3.05, 3.63) is 142 Å². The smallest absolute Gasteiger partial charge is 0.115 e. The van der Waals surface area contributed by atoms with Gasteiger partial charge in [-0.2, -0.15) is 10.5 Å². The van der Waals surface area contributed by atoms with Crippen LogP contribution in [0.4, 0.5) is 0 Å². The highest BCUT2D eigenvalue weighted by Gasteiger charge is 2.43. The first-order chi connectivity index (χ1) is 17.8. The lowest BCUT2D eigenvalue weighted by atomic mass is 9.88. The molecular formula is C34H28N2Si. The van der Waals surface area contributed by atoms with Gasteiger partial charge in [0.15, 0.2) is 0 Å². The van der Waals surface area contributed by atoms with E-state index in [1.165, 1.54) is 54.9 Å². The molecule has 1 aliphatic rings. The van der Waals surface area contributed by atoms with Crippen molar-refractivity contribution in [3.8, 4) is 12.1 Å². The van der Waals surface area contributed by atoms with Gasteiger partial charge in [-0.05, 0) is 81.9 Å². The standard InChI is InChI=1S/C34H28N2Si/c1-23-7-5-9-29(19-23)31-32(30-10-6-8-24(2)20-30)34(28-17-13-26(22-36)14-18-28)37(3,4)33(31)27-15-11-25(21-35)12-16-27/h5-20H,1-4H3. The van der Waals surface area contributed by atoms with Crippen LogP contribution in [0.25, 0.3) is 21.5 Å². The van der Waals surface area contributed by atoms with Crippen molar-refractivity contribution in [1.29, 1.82) is 10.5 Å². The Hall–Kier alpha value is -4.44. The highest BCUT2D eigenvalue weighted by molar-refractivity contribution is 7.13. The molecule has 4 aromatic carbocycles. The quantitative estimate of drug-likeness (QED) is 0.269. The lowest BCUT2D eigenvalue weighted by Gasteiger charge is -2.26. The van der Waals surface area contributed by atoms with E-state index in [2.05, 4.69) is 112 Å². The van der Waals surface area contributed by atoms with Crippen LogP contribution in [0.5, 0.6) is 0 Å². The van der Waals surface area contributed by atoms with Gasteiger partial charge in [0, 0.05) is 0 Å². The van der Waals surface area contributed by atoms with Crippen molar-refractivity contribution in [2.75, 3.05) is 0 Å². The van der Waals surface area contributed by atoms with E-state index < -0.39 is 8.07 Å². The van der Waals surface area contributed by atoms with Gasteiger partial charge in [-0.3, -0.25) is 0 Å². The van der Waals surface area contributed by atoms with E-state index >= 15 is 0 Å². The molecule has 3 heteroatoms. The first-order valence-corrected chi connectivity index (χ1v) is 15.5. The van der Waals surface area contributed by atoms with Gasteiger partial charge in [0.2, 0.25) is 0 Å². The minimum Gasteiger partial charge on any atom is -0.192 e. The Morgan fingerprint density at radius 3 is 1.22 bits per heavy atom. The monoisotopic (exact) mass is 492 g/mol. The molecule has 0 atom stereocenters. The number of aryl methyl sites for hydroxylation is 2. The number of benzene rings is 4. The van der Waals surface area contributed by atoms with E-state index in [1.54, 1.807) is 0 Å². The summed E-state index contributed by atoms with van der Waals surface area (Å²) >= 11 is 0. The lowest BCUT2D eigenvalue weighted by molar-refractivity contribution is 1.44. The van der Waals surface area contributed by atoms with Crippen LogP contribution in [0.2, 0.25) is 13.1 Å². The van der Waals surface area contributed by atoms with Crippen LogP contribution in [0.15, 0.2) is 97.1 Å². The highest BCUT2D eigenvalue weighted by Crippen LogP contribution is 2.55. The largest absolute Gasteiger partial charge is 0.192 e. The van der Waals surface area contributed by atoms with Gasteiger partial charge in [-0.1, -0.05) is 97.0 Å². The van der Waals surface area contributed by atoms with E-state index in [9.17, 15) is 10.5 Å². The molecule has 0 aromatic heterocycles. The average Bonchev–Trinajstić information content (AvgIpc) is 3.16. The third-order valence-corrected chi connectivity index (χ3v) is 10.8. The van der Waals surface area contributed by atoms with Crippen molar-refractivity contribution in [2.24, 2.45) is 0 Å². The maximum atomic E-state index is 9.42. The molecule has 5 rings (SSSR count). The minimum absolute atomic E-state index is 0.665. The summed E-state index contributed by atoms with van der Waals surface area (Å²) in [6, 6.07) is 38.2. The molecule has 0 spiro atoms. The Bertz CT molecular complexity index is 1530. The van der Waals surface area contributed by atoms with Crippen LogP contribution < -0.4 is 0 Å². The number of hydrogen-bond acceptors (Lipinski definition) is 2. The predicted molar refractivity (Wildman–Crippen MR) is 156 cm³/mol. The maximum absolute atomic E-state index is 9.42. The van der Waals surface area contributed by atoms with Gasteiger partial charge < -0.3 is 0 Å². The molecule has 178 valence electrons. The molecule has 0 saturated carbocycles. The second kappa shape index (κ2) is 9.55. The zero-order valence-corrected chi connectivity index (χ0v) is 22.6. The van der Waals surface area contributed by atoms with Crippen molar-refractivity contribution < 1.29 is 0 Å². The summed E-state index contributed by atoms with van der Waals surface area (Å²) in [4.78, 5) is 0. The Labute approximate surface area is 220 Å². The zero-order chi connectivity index (χ0) is 26.2. The second-order valence-corrected chi connectivity index (χ2v) is 14.5. The highest BCUT2D eigenvalue weighted by atomic mass is 28.3. The van der Waals surface area contributed by atoms with E-state index in [-0.39, 0.29) is 0 Å². The molecule has 4 aromatic rings. The Morgan fingerprint density at radius 2 is 0.892 bits per heavy atom. The van der Waals surface area contributed by atoms with Crippen LogP contribution >= 0.6 is 0 Å². The van der Waals surface area contributed by atoms with Crippen LogP contribution in [0.1, 0.15) is 44.5 Å². The third kappa shape index (κ3) is 4.36. The molecule has 0 unspecified atom stereocenters. The normalized spacial score (nSPS) is 14.4.